The Morgan fingerprint density at radius 3 is 2.77 bits per heavy atom. The first-order chi connectivity index (χ1) is 10.2. The summed E-state index contributed by atoms with van der Waals surface area (Å²) in [5.74, 6) is 0.146. The highest BCUT2D eigenvalue weighted by molar-refractivity contribution is 8.13. The average molecular weight is 327 g/mol. The van der Waals surface area contributed by atoms with E-state index in [9.17, 15) is 9.59 Å². The lowest BCUT2D eigenvalue weighted by molar-refractivity contribution is -0.118. The fourth-order valence-electron chi connectivity index (χ4n) is 1.62. The lowest BCUT2D eigenvalue weighted by Crippen LogP contribution is -2.24. The van der Waals surface area contributed by atoms with Gasteiger partial charge in [0.15, 0.2) is 5.12 Å². The smallest absolute Gasteiger partial charge is 0.228 e. The maximum atomic E-state index is 12.0. The van der Waals surface area contributed by atoms with E-state index in [0.29, 0.717) is 18.0 Å². The first-order valence-electron chi connectivity index (χ1n) is 7.25. The van der Waals surface area contributed by atoms with Crippen molar-refractivity contribution in [3.05, 3.63) is 12.4 Å². The molecule has 7 heteroatoms. The molecule has 1 heterocycles. The molecule has 1 amide bonds. The van der Waals surface area contributed by atoms with Crippen LogP contribution < -0.4 is 5.32 Å². The van der Waals surface area contributed by atoms with Gasteiger partial charge in [0.1, 0.15) is 0 Å². The number of nitrogens with zero attached hydrogens (tertiary/aromatic N) is 2. The van der Waals surface area contributed by atoms with E-state index in [4.69, 9.17) is 4.74 Å². The Morgan fingerprint density at radius 2 is 2.18 bits per heavy atom. The molecule has 0 radical (unpaired) electrons. The number of aryl methyl sites for hydroxylation is 1. The summed E-state index contributed by atoms with van der Waals surface area (Å²) in [5.41, 5.74) is 0.466. The minimum Gasteiger partial charge on any atom is -0.379 e. The van der Waals surface area contributed by atoms with Gasteiger partial charge in [-0.25, -0.2) is 0 Å². The van der Waals surface area contributed by atoms with Gasteiger partial charge in [-0.2, -0.15) is 5.10 Å². The van der Waals surface area contributed by atoms with E-state index < -0.39 is 0 Å². The minimum absolute atomic E-state index is 0.0215. The molecule has 1 atom stereocenters. The molecule has 1 aromatic rings. The summed E-state index contributed by atoms with van der Waals surface area (Å²) in [6.45, 7) is 8.06. The number of thioether (sulfide) groups is 1. The molecule has 0 spiro atoms. The van der Waals surface area contributed by atoms with Gasteiger partial charge >= 0.3 is 0 Å². The normalized spacial score (nSPS) is 13.0. The van der Waals surface area contributed by atoms with Gasteiger partial charge in [0.2, 0.25) is 5.91 Å². The van der Waals surface area contributed by atoms with Crippen LogP contribution in [0.1, 0.15) is 34.1 Å². The van der Waals surface area contributed by atoms with Crippen LogP contribution >= 0.6 is 11.8 Å². The first-order valence-corrected chi connectivity index (χ1v) is 8.24. The first kappa shape index (κ1) is 18.7. The van der Waals surface area contributed by atoms with Crippen LogP contribution in [0.3, 0.4) is 0 Å². The molecule has 0 saturated heterocycles. The molecule has 22 heavy (non-hydrogen) atoms. The van der Waals surface area contributed by atoms with Crippen LogP contribution in [-0.4, -0.2) is 39.3 Å². The van der Waals surface area contributed by atoms with E-state index >= 15 is 0 Å². The number of nitrogens with one attached hydrogen (secondary N) is 1. The second kappa shape index (κ2) is 8.33. The van der Waals surface area contributed by atoms with Gasteiger partial charge < -0.3 is 10.1 Å². The maximum absolute atomic E-state index is 12.0. The average Bonchev–Trinajstić information content (AvgIpc) is 2.90. The van der Waals surface area contributed by atoms with Gasteiger partial charge in [-0.05, 0) is 20.3 Å². The predicted octanol–water partition coefficient (Wildman–Crippen LogP) is 2.55. The van der Waals surface area contributed by atoms with Crippen molar-refractivity contribution in [3.8, 4) is 0 Å². The number of hydrogen-bond acceptors (Lipinski definition) is 5. The number of carbonyl (C=O) groups is 2. The van der Waals surface area contributed by atoms with Gasteiger partial charge in [0, 0.05) is 38.4 Å². The van der Waals surface area contributed by atoms with E-state index in [1.165, 1.54) is 6.92 Å². The highest BCUT2D eigenvalue weighted by atomic mass is 32.2. The molecule has 1 unspecified atom stereocenters. The van der Waals surface area contributed by atoms with Crippen LogP contribution in [-0.2, 0) is 20.9 Å². The fraction of sp³-hybridized carbons (Fsp3) is 0.667. The summed E-state index contributed by atoms with van der Waals surface area (Å²) in [7, 11) is 1.69. The molecule has 0 saturated carbocycles. The lowest BCUT2D eigenvalue weighted by atomic mass is 10.1. The van der Waals surface area contributed by atoms with E-state index in [1.54, 1.807) is 31.1 Å². The molecule has 0 aliphatic carbocycles. The maximum Gasteiger partial charge on any atom is 0.228 e. The summed E-state index contributed by atoms with van der Waals surface area (Å²) >= 11 is 1.16. The Kier molecular flexibility index (Phi) is 7.09. The minimum atomic E-state index is -0.232. The number of amides is 1. The summed E-state index contributed by atoms with van der Waals surface area (Å²) in [6, 6.07) is 0. The molecule has 6 nitrogen and oxygen atoms in total. The summed E-state index contributed by atoms with van der Waals surface area (Å²) in [4.78, 5) is 22.9. The third kappa shape index (κ3) is 6.62. The van der Waals surface area contributed by atoms with Gasteiger partial charge in [-0.1, -0.05) is 18.7 Å². The topological polar surface area (TPSA) is 73.2 Å². The summed E-state index contributed by atoms with van der Waals surface area (Å²) in [5, 5.41) is 7.07. The Morgan fingerprint density at radius 1 is 1.50 bits per heavy atom. The third-order valence-corrected chi connectivity index (χ3v) is 4.45. The molecular weight excluding hydrogens is 302 g/mol. The third-order valence-electron chi connectivity index (χ3n) is 3.38. The van der Waals surface area contributed by atoms with Crippen molar-refractivity contribution in [2.75, 3.05) is 18.2 Å². The Labute approximate surface area is 136 Å². The zero-order valence-corrected chi connectivity index (χ0v) is 14.7. The second-order valence-electron chi connectivity index (χ2n) is 5.90. The Hall–Kier alpha value is -1.34. The van der Waals surface area contributed by atoms with Gasteiger partial charge in [-0.3, -0.25) is 14.3 Å². The quantitative estimate of drug-likeness (QED) is 0.794. The van der Waals surface area contributed by atoms with Crippen molar-refractivity contribution in [2.24, 2.45) is 5.92 Å². The number of aromatic nitrogens is 2. The molecule has 124 valence electrons. The number of methoxy groups -OCH3 is 1. The van der Waals surface area contributed by atoms with E-state index in [1.807, 2.05) is 13.8 Å². The number of anilines is 1. The number of rotatable bonds is 8. The van der Waals surface area contributed by atoms with Crippen LogP contribution in [0.2, 0.25) is 0 Å². The summed E-state index contributed by atoms with van der Waals surface area (Å²) < 4.78 is 7.15. The van der Waals surface area contributed by atoms with Crippen molar-refractivity contribution in [2.45, 2.75) is 46.3 Å². The van der Waals surface area contributed by atoms with Crippen LogP contribution in [0, 0.1) is 5.92 Å². The molecular formula is C15H25N3O3S. The second-order valence-corrected chi connectivity index (χ2v) is 7.10. The van der Waals surface area contributed by atoms with Crippen molar-refractivity contribution in [3.63, 3.8) is 0 Å². The molecule has 0 fully saturated rings. The molecule has 0 aliphatic rings. The molecule has 1 N–H and O–H groups in total. The van der Waals surface area contributed by atoms with Crippen molar-refractivity contribution in [1.29, 1.82) is 0 Å². The number of carbonyl (C=O) groups excluding carboxylic acids is 2. The van der Waals surface area contributed by atoms with Gasteiger partial charge in [0.25, 0.3) is 0 Å². The largest absolute Gasteiger partial charge is 0.379 e. The van der Waals surface area contributed by atoms with Crippen LogP contribution in [0.15, 0.2) is 12.4 Å². The van der Waals surface area contributed by atoms with Crippen LogP contribution in [0.4, 0.5) is 5.69 Å². The lowest BCUT2D eigenvalue weighted by Gasteiger charge is -2.22. The van der Waals surface area contributed by atoms with E-state index in [-0.39, 0.29) is 22.5 Å². The van der Waals surface area contributed by atoms with Crippen molar-refractivity contribution < 1.29 is 14.3 Å². The highest BCUT2D eigenvalue weighted by Gasteiger charge is 2.17. The van der Waals surface area contributed by atoms with E-state index in [0.717, 1.165) is 18.2 Å². The zero-order valence-electron chi connectivity index (χ0n) is 13.9. The highest BCUT2D eigenvalue weighted by Crippen LogP contribution is 2.16. The van der Waals surface area contributed by atoms with Gasteiger partial charge in [-0.15, -0.1) is 0 Å². The summed E-state index contributed by atoms with van der Waals surface area (Å²) in [6.07, 6.45) is 4.25. The predicted molar refractivity (Wildman–Crippen MR) is 88.9 cm³/mol. The molecule has 1 rings (SSSR count). The number of hydrogen-bond donors (Lipinski definition) is 1. The standard InChI is InChI=1S/C15H25N3O3S/c1-11(10-22-12(2)19)14(20)17-13-8-16-18(9-13)7-6-15(3,4)21-5/h8-9,11H,6-7,10H2,1-5H3,(H,17,20). The molecule has 0 bridgehead atoms. The van der Waals surface area contributed by atoms with Crippen LogP contribution in [0.25, 0.3) is 0 Å². The van der Waals surface area contributed by atoms with Gasteiger partial charge in [0.05, 0.1) is 17.5 Å². The Balaban J connectivity index is 2.47. The van der Waals surface area contributed by atoms with E-state index in [2.05, 4.69) is 10.4 Å². The number of ether oxygens (including phenoxy) is 1. The van der Waals surface area contributed by atoms with Crippen molar-refractivity contribution >= 4 is 28.5 Å². The SMILES string of the molecule is COC(C)(C)CCn1cc(NC(=O)C(C)CSC(C)=O)cn1. The molecule has 0 aliphatic heterocycles. The van der Waals surface area contributed by atoms with Crippen molar-refractivity contribution in [1.82, 2.24) is 9.78 Å². The van der Waals surface area contributed by atoms with Crippen LogP contribution in [0.5, 0.6) is 0 Å². The molecule has 1 aromatic heterocycles. The Bertz CT molecular complexity index is 514. The fourth-order valence-corrected chi connectivity index (χ4v) is 2.26. The molecule has 0 aromatic carbocycles. The monoisotopic (exact) mass is 327 g/mol. The zero-order chi connectivity index (χ0) is 16.8.